The maximum atomic E-state index is 12.2. The van der Waals surface area contributed by atoms with E-state index in [4.69, 9.17) is 11.2 Å². The summed E-state index contributed by atoms with van der Waals surface area (Å²) in [7, 11) is 0. The average Bonchev–Trinajstić information content (AvgIpc) is 2.59. The van der Waals surface area contributed by atoms with Gasteiger partial charge in [-0.25, -0.2) is 4.79 Å². The van der Waals surface area contributed by atoms with Crippen molar-refractivity contribution in [3.63, 3.8) is 0 Å². The Labute approximate surface area is 134 Å². The van der Waals surface area contributed by atoms with Crippen molar-refractivity contribution in [3.05, 3.63) is 70.8 Å². The molecule has 4 heteroatoms. The minimum atomic E-state index is -0.365. The molecule has 4 nitrogen and oxygen atoms in total. The number of esters is 1. The van der Waals surface area contributed by atoms with Gasteiger partial charge in [-0.3, -0.25) is 4.79 Å². The first kappa shape index (κ1) is 14.9. The number of cyclic esters (lactones) is 1. The van der Waals surface area contributed by atoms with Crippen LogP contribution in [0.25, 0.3) is 0 Å². The molecule has 1 heterocycles. The van der Waals surface area contributed by atoms with E-state index in [1.165, 1.54) is 0 Å². The quantitative estimate of drug-likeness (QED) is 0.700. The maximum Gasteiger partial charge on any atom is 0.339 e. The van der Waals surface area contributed by atoms with E-state index >= 15 is 0 Å². The Balaban J connectivity index is 1.88. The molecule has 23 heavy (non-hydrogen) atoms. The van der Waals surface area contributed by atoms with Gasteiger partial charge in [0.1, 0.15) is 6.10 Å². The van der Waals surface area contributed by atoms with Crippen LogP contribution in [0.3, 0.4) is 0 Å². The average molecular weight is 305 g/mol. The van der Waals surface area contributed by atoms with Crippen LogP contribution >= 0.6 is 0 Å². The topological polar surface area (TPSA) is 55.4 Å². The minimum Gasteiger partial charge on any atom is -0.454 e. The number of ether oxygens (including phenoxy) is 1. The molecule has 0 fully saturated rings. The molecule has 0 aliphatic carbocycles. The van der Waals surface area contributed by atoms with Gasteiger partial charge < -0.3 is 10.1 Å². The zero-order chi connectivity index (χ0) is 16.2. The Morgan fingerprint density at radius 3 is 2.78 bits per heavy atom. The van der Waals surface area contributed by atoms with E-state index in [1.807, 2.05) is 30.3 Å². The second kappa shape index (κ2) is 6.37. The summed E-state index contributed by atoms with van der Waals surface area (Å²) in [5, 5.41) is 2.62. The lowest BCUT2D eigenvalue weighted by atomic mass is 9.93. The van der Waals surface area contributed by atoms with Gasteiger partial charge in [-0.2, -0.15) is 0 Å². The Kier molecular flexibility index (Phi) is 4.11. The Morgan fingerprint density at radius 1 is 1.26 bits per heavy atom. The van der Waals surface area contributed by atoms with Crippen molar-refractivity contribution < 1.29 is 14.3 Å². The third-order valence-electron chi connectivity index (χ3n) is 3.76. The van der Waals surface area contributed by atoms with Crippen molar-refractivity contribution in [1.82, 2.24) is 5.32 Å². The molecule has 1 amide bonds. The predicted octanol–water partition coefficient (Wildman–Crippen LogP) is 2.50. The summed E-state index contributed by atoms with van der Waals surface area (Å²) in [6, 6.07) is 14.5. The fraction of sp³-hybridized carbons (Fsp3) is 0.158. The molecule has 0 aromatic heterocycles. The Morgan fingerprint density at radius 2 is 2.04 bits per heavy atom. The molecule has 2 aromatic rings. The summed E-state index contributed by atoms with van der Waals surface area (Å²) < 4.78 is 5.50. The van der Waals surface area contributed by atoms with Crippen molar-refractivity contribution in [2.75, 3.05) is 6.54 Å². The van der Waals surface area contributed by atoms with Crippen LogP contribution in [0.1, 0.15) is 37.9 Å². The van der Waals surface area contributed by atoms with E-state index in [-0.39, 0.29) is 24.5 Å². The Hall–Kier alpha value is -3.06. The van der Waals surface area contributed by atoms with E-state index in [0.29, 0.717) is 17.5 Å². The minimum absolute atomic E-state index is 0.171. The maximum absolute atomic E-state index is 12.2. The zero-order valence-electron chi connectivity index (χ0n) is 12.4. The van der Waals surface area contributed by atoms with Gasteiger partial charge in [0.2, 0.25) is 0 Å². The highest BCUT2D eigenvalue weighted by Gasteiger charge is 2.28. The summed E-state index contributed by atoms with van der Waals surface area (Å²) in [4.78, 5) is 24.2. The number of amides is 1. The number of fused-ring (bicyclic) bond motifs is 1. The standard InChI is InChI=1S/C19H15NO3/c1-2-10-20-18(21)14-8-9-16-15(11-14)12-17(23-19(16)22)13-6-4-3-5-7-13/h1,3-9,11,17H,10,12H2,(H,20,21). The highest BCUT2D eigenvalue weighted by molar-refractivity contribution is 5.97. The van der Waals surface area contributed by atoms with Crippen LogP contribution < -0.4 is 5.32 Å². The first-order valence-corrected chi connectivity index (χ1v) is 7.29. The largest absolute Gasteiger partial charge is 0.454 e. The number of nitrogens with one attached hydrogen (secondary N) is 1. The van der Waals surface area contributed by atoms with Crippen molar-refractivity contribution >= 4 is 11.9 Å². The second-order valence-electron chi connectivity index (χ2n) is 5.27. The number of carbonyl (C=O) groups excluding carboxylic acids is 2. The molecule has 1 unspecified atom stereocenters. The van der Waals surface area contributed by atoms with Gasteiger partial charge in [-0.1, -0.05) is 36.3 Å². The fourth-order valence-corrected chi connectivity index (χ4v) is 2.62. The van der Waals surface area contributed by atoms with Gasteiger partial charge in [0.05, 0.1) is 12.1 Å². The molecular weight excluding hydrogens is 290 g/mol. The SMILES string of the molecule is C#CCNC(=O)c1ccc2c(c1)CC(c1ccccc1)OC2=O. The molecule has 0 radical (unpaired) electrons. The van der Waals surface area contributed by atoms with Crippen LogP contribution in [0, 0.1) is 12.3 Å². The number of rotatable bonds is 3. The predicted molar refractivity (Wildman–Crippen MR) is 85.9 cm³/mol. The number of hydrogen-bond acceptors (Lipinski definition) is 3. The molecule has 1 aliphatic heterocycles. The summed E-state index contributed by atoms with van der Waals surface area (Å²) in [6.07, 6.45) is 5.35. The van der Waals surface area contributed by atoms with Crippen molar-refractivity contribution in [2.45, 2.75) is 12.5 Å². The van der Waals surface area contributed by atoms with Gasteiger partial charge in [-0.15, -0.1) is 6.42 Å². The van der Waals surface area contributed by atoms with E-state index in [9.17, 15) is 9.59 Å². The van der Waals surface area contributed by atoms with Crippen LogP contribution in [0.15, 0.2) is 48.5 Å². The Bertz CT molecular complexity index is 790. The lowest BCUT2D eigenvalue weighted by Crippen LogP contribution is -2.25. The molecule has 0 bridgehead atoms. The molecule has 1 atom stereocenters. The highest BCUT2D eigenvalue weighted by atomic mass is 16.5. The zero-order valence-corrected chi connectivity index (χ0v) is 12.4. The van der Waals surface area contributed by atoms with Crippen molar-refractivity contribution in [1.29, 1.82) is 0 Å². The molecular formula is C19H15NO3. The lowest BCUT2D eigenvalue weighted by Gasteiger charge is -2.25. The van der Waals surface area contributed by atoms with Gasteiger partial charge in [0, 0.05) is 12.0 Å². The summed E-state index contributed by atoms with van der Waals surface area (Å²) >= 11 is 0. The molecule has 0 saturated carbocycles. The van der Waals surface area contributed by atoms with Crippen LogP contribution in [-0.2, 0) is 11.2 Å². The van der Waals surface area contributed by atoms with E-state index < -0.39 is 0 Å². The molecule has 3 rings (SSSR count). The van der Waals surface area contributed by atoms with Gasteiger partial charge in [0.25, 0.3) is 5.91 Å². The van der Waals surface area contributed by atoms with E-state index in [1.54, 1.807) is 18.2 Å². The molecule has 0 saturated heterocycles. The monoisotopic (exact) mass is 305 g/mol. The highest BCUT2D eigenvalue weighted by Crippen LogP contribution is 2.30. The van der Waals surface area contributed by atoms with Crippen LogP contribution in [0.2, 0.25) is 0 Å². The van der Waals surface area contributed by atoms with Crippen LogP contribution in [0.5, 0.6) is 0 Å². The molecule has 2 aromatic carbocycles. The van der Waals surface area contributed by atoms with Gasteiger partial charge >= 0.3 is 5.97 Å². The number of hydrogen-bond donors (Lipinski definition) is 1. The van der Waals surface area contributed by atoms with Gasteiger partial charge in [-0.05, 0) is 29.3 Å². The first-order valence-electron chi connectivity index (χ1n) is 7.29. The summed E-state index contributed by atoms with van der Waals surface area (Å²) in [5.41, 5.74) is 2.74. The summed E-state index contributed by atoms with van der Waals surface area (Å²) in [5.74, 6) is 1.75. The molecule has 114 valence electrons. The number of terminal acetylenes is 1. The molecule has 1 N–H and O–H groups in total. The first-order chi connectivity index (χ1) is 11.2. The van der Waals surface area contributed by atoms with Crippen molar-refractivity contribution in [2.24, 2.45) is 0 Å². The van der Waals surface area contributed by atoms with Crippen molar-refractivity contribution in [3.8, 4) is 12.3 Å². The fourth-order valence-electron chi connectivity index (χ4n) is 2.62. The third kappa shape index (κ3) is 3.09. The summed E-state index contributed by atoms with van der Waals surface area (Å²) in [6.45, 7) is 0.171. The lowest BCUT2D eigenvalue weighted by molar-refractivity contribution is 0.0252. The number of benzene rings is 2. The van der Waals surface area contributed by atoms with Gasteiger partial charge in [0.15, 0.2) is 0 Å². The normalized spacial score (nSPS) is 16.0. The smallest absolute Gasteiger partial charge is 0.339 e. The molecule has 1 aliphatic rings. The van der Waals surface area contributed by atoms with Crippen LogP contribution in [-0.4, -0.2) is 18.4 Å². The second-order valence-corrected chi connectivity index (χ2v) is 5.27. The molecule has 0 spiro atoms. The number of carbonyl (C=O) groups is 2. The third-order valence-corrected chi connectivity index (χ3v) is 3.76. The van der Waals surface area contributed by atoms with E-state index in [0.717, 1.165) is 11.1 Å². The van der Waals surface area contributed by atoms with Crippen LogP contribution in [0.4, 0.5) is 0 Å². The van der Waals surface area contributed by atoms with E-state index in [2.05, 4.69) is 11.2 Å².